The van der Waals surface area contributed by atoms with Gasteiger partial charge in [-0.1, -0.05) is 34.7 Å². The Morgan fingerprint density at radius 1 is 1.04 bits per heavy atom. The molecule has 3 rings (SSSR count). The maximum absolute atomic E-state index is 6.04. The predicted molar refractivity (Wildman–Crippen MR) is 122 cm³/mol. The minimum Gasteiger partial charge on any atom is -0.493 e. The third-order valence-electron chi connectivity index (χ3n) is 4.67. The molecule has 148 valence electrons. The SMILES string of the molecule is COc1cc(C/C(=C\I)c2ccc3c(c2)C=CC(C)(C)O3)cc(OC)c1OC. The molecular weight excluding hydrogens is 467 g/mol. The van der Waals surface area contributed by atoms with E-state index in [2.05, 4.69) is 64.8 Å². The smallest absolute Gasteiger partial charge is 0.203 e. The zero-order chi connectivity index (χ0) is 20.3. The lowest BCUT2D eigenvalue weighted by Crippen LogP contribution is -2.27. The summed E-state index contributed by atoms with van der Waals surface area (Å²) in [4.78, 5) is 0. The Morgan fingerprint density at radius 3 is 2.29 bits per heavy atom. The van der Waals surface area contributed by atoms with Gasteiger partial charge in [-0.3, -0.25) is 0 Å². The summed E-state index contributed by atoms with van der Waals surface area (Å²) in [5.41, 5.74) is 4.28. The molecule has 0 bridgehead atoms. The standard InChI is InChI=1S/C23H25IO4/c1-23(2)9-8-17-13-16(6-7-19(17)28-23)18(14-24)10-15-11-20(25-3)22(27-5)21(12-15)26-4/h6-9,11-14H,10H2,1-5H3/b18-14+. The third-order valence-corrected chi connectivity index (χ3v) is 5.42. The number of rotatable bonds is 6. The largest absolute Gasteiger partial charge is 0.493 e. The molecule has 0 spiro atoms. The van der Waals surface area contributed by atoms with E-state index in [0.717, 1.165) is 28.9 Å². The van der Waals surface area contributed by atoms with Gasteiger partial charge in [-0.25, -0.2) is 0 Å². The second-order valence-electron chi connectivity index (χ2n) is 7.14. The van der Waals surface area contributed by atoms with Crippen molar-refractivity contribution in [2.24, 2.45) is 0 Å². The fraction of sp³-hybridized carbons (Fsp3) is 0.304. The van der Waals surface area contributed by atoms with Crippen LogP contribution in [-0.2, 0) is 6.42 Å². The molecule has 0 saturated heterocycles. The van der Waals surface area contributed by atoms with Gasteiger partial charge in [0, 0.05) is 5.56 Å². The molecule has 0 N–H and O–H groups in total. The Labute approximate surface area is 180 Å². The molecule has 0 aromatic heterocycles. The molecule has 0 unspecified atom stereocenters. The van der Waals surface area contributed by atoms with Crippen LogP contribution in [0.5, 0.6) is 23.0 Å². The van der Waals surface area contributed by atoms with E-state index >= 15 is 0 Å². The number of benzene rings is 2. The normalized spacial score (nSPS) is 14.9. The quantitative estimate of drug-likeness (QED) is 0.470. The van der Waals surface area contributed by atoms with Crippen molar-refractivity contribution in [3.63, 3.8) is 0 Å². The Balaban J connectivity index is 1.92. The second-order valence-corrected chi connectivity index (χ2v) is 7.76. The van der Waals surface area contributed by atoms with Crippen molar-refractivity contribution in [3.05, 3.63) is 57.2 Å². The topological polar surface area (TPSA) is 36.9 Å². The van der Waals surface area contributed by atoms with E-state index in [1.807, 2.05) is 18.2 Å². The predicted octanol–water partition coefficient (Wildman–Crippen LogP) is 5.92. The molecule has 2 aromatic carbocycles. The second kappa shape index (κ2) is 8.47. The van der Waals surface area contributed by atoms with Crippen LogP contribution in [0.3, 0.4) is 0 Å². The van der Waals surface area contributed by atoms with Gasteiger partial charge in [0.15, 0.2) is 11.5 Å². The number of halogens is 1. The average Bonchev–Trinajstić information content (AvgIpc) is 2.70. The molecular formula is C23H25IO4. The first-order valence-corrected chi connectivity index (χ1v) is 10.3. The molecule has 0 amide bonds. The molecule has 0 aliphatic carbocycles. The summed E-state index contributed by atoms with van der Waals surface area (Å²) in [6, 6.07) is 10.3. The first-order chi connectivity index (χ1) is 13.4. The monoisotopic (exact) mass is 492 g/mol. The van der Waals surface area contributed by atoms with Crippen LogP contribution in [0.1, 0.15) is 30.5 Å². The molecule has 5 heteroatoms. The van der Waals surface area contributed by atoms with Crippen molar-refractivity contribution in [3.8, 4) is 23.0 Å². The van der Waals surface area contributed by atoms with E-state index in [-0.39, 0.29) is 5.60 Å². The van der Waals surface area contributed by atoms with Crippen molar-refractivity contribution in [1.29, 1.82) is 0 Å². The first-order valence-electron chi connectivity index (χ1n) is 9.01. The van der Waals surface area contributed by atoms with Crippen LogP contribution in [0.25, 0.3) is 11.6 Å². The van der Waals surface area contributed by atoms with Crippen molar-refractivity contribution in [2.75, 3.05) is 21.3 Å². The minimum absolute atomic E-state index is 0.271. The van der Waals surface area contributed by atoms with Crippen LogP contribution in [0.4, 0.5) is 0 Å². The van der Waals surface area contributed by atoms with Crippen LogP contribution < -0.4 is 18.9 Å². The molecule has 0 atom stereocenters. The summed E-state index contributed by atoms with van der Waals surface area (Å²) < 4.78 is 24.5. The summed E-state index contributed by atoms with van der Waals surface area (Å²) in [7, 11) is 4.88. The highest BCUT2D eigenvalue weighted by molar-refractivity contribution is 14.1. The number of methoxy groups -OCH3 is 3. The van der Waals surface area contributed by atoms with Gasteiger partial charge in [-0.15, -0.1) is 0 Å². The lowest BCUT2D eigenvalue weighted by molar-refractivity contribution is 0.159. The maximum atomic E-state index is 6.04. The molecule has 0 fully saturated rings. The summed E-state index contributed by atoms with van der Waals surface area (Å²) in [5, 5.41) is 0. The van der Waals surface area contributed by atoms with Gasteiger partial charge in [0.25, 0.3) is 0 Å². The highest BCUT2D eigenvalue weighted by atomic mass is 127. The van der Waals surface area contributed by atoms with Crippen molar-refractivity contribution >= 4 is 34.2 Å². The fourth-order valence-corrected chi connectivity index (χ4v) is 3.82. The van der Waals surface area contributed by atoms with Gasteiger partial charge in [-0.2, -0.15) is 0 Å². The molecule has 1 aliphatic heterocycles. The van der Waals surface area contributed by atoms with E-state index in [9.17, 15) is 0 Å². The van der Waals surface area contributed by atoms with Gasteiger partial charge in [0.1, 0.15) is 11.4 Å². The van der Waals surface area contributed by atoms with E-state index in [0.29, 0.717) is 17.2 Å². The highest BCUT2D eigenvalue weighted by Gasteiger charge is 2.22. The molecule has 0 saturated carbocycles. The average molecular weight is 492 g/mol. The molecule has 4 nitrogen and oxygen atoms in total. The molecule has 1 aliphatic rings. The molecule has 1 heterocycles. The third kappa shape index (κ3) is 4.29. The van der Waals surface area contributed by atoms with Crippen molar-refractivity contribution < 1.29 is 18.9 Å². The number of hydrogen-bond acceptors (Lipinski definition) is 4. The number of ether oxygens (including phenoxy) is 4. The van der Waals surface area contributed by atoms with Crippen molar-refractivity contribution in [1.82, 2.24) is 0 Å². The van der Waals surface area contributed by atoms with Crippen LogP contribution in [-0.4, -0.2) is 26.9 Å². The zero-order valence-corrected chi connectivity index (χ0v) is 19.0. The maximum Gasteiger partial charge on any atom is 0.203 e. The molecule has 2 aromatic rings. The Bertz CT molecular complexity index is 903. The minimum atomic E-state index is -0.271. The fourth-order valence-electron chi connectivity index (χ4n) is 3.24. The van der Waals surface area contributed by atoms with E-state index in [1.54, 1.807) is 21.3 Å². The Morgan fingerprint density at radius 2 is 1.71 bits per heavy atom. The van der Waals surface area contributed by atoms with Crippen LogP contribution >= 0.6 is 22.6 Å². The summed E-state index contributed by atoms with van der Waals surface area (Å²) in [6.45, 7) is 4.11. The molecule has 0 radical (unpaired) electrons. The number of fused-ring (bicyclic) bond motifs is 1. The summed E-state index contributed by atoms with van der Waals surface area (Å²) >= 11 is 2.29. The lowest BCUT2D eigenvalue weighted by Gasteiger charge is -2.28. The van der Waals surface area contributed by atoms with Crippen LogP contribution in [0, 0.1) is 0 Å². The molecule has 28 heavy (non-hydrogen) atoms. The Hall–Kier alpha value is -2.15. The summed E-state index contributed by atoms with van der Waals surface area (Å²) in [5.74, 6) is 2.84. The van der Waals surface area contributed by atoms with E-state index in [1.165, 1.54) is 5.57 Å². The lowest BCUT2D eigenvalue weighted by atomic mass is 9.95. The number of allylic oxidation sites excluding steroid dienone is 1. The van der Waals surface area contributed by atoms with Gasteiger partial charge in [0.05, 0.1) is 21.3 Å². The van der Waals surface area contributed by atoms with E-state index in [4.69, 9.17) is 18.9 Å². The van der Waals surface area contributed by atoms with Gasteiger partial charge < -0.3 is 18.9 Å². The zero-order valence-electron chi connectivity index (χ0n) is 16.8. The van der Waals surface area contributed by atoms with Gasteiger partial charge >= 0.3 is 0 Å². The number of hydrogen-bond donors (Lipinski definition) is 0. The van der Waals surface area contributed by atoms with Crippen molar-refractivity contribution in [2.45, 2.75) is 25.9 Å². The van der Waals surface area contributed by atoms with Gasteiger partial charge in [0.2, 0.25) is 5.75 Å². The van der Waals surface area contributed by atoms with E-state index < -0.39 is 0 Å². The first kappa shape index (κ1) is 20.6. The Kier molecular flexibility index (Phi) is 6.23. The van der Waals surface area contributed by atoms with Crippen LogP contribution in [0.15, 0.2) is 40.5 Å². The highest BCUT2D eigenvalue weighted by Crippen LogP contribution is 2.40. The van der Waals surface area contributed by atoms with Crippen LogP contribution in [0.2, 0.25) is 0 Å². The summed E-state index contributed by atoms with van der Waals surface area (Å²) in [6.07, 6.45) is 4.97. The van der Waals surface area contributed by atoms with Gasteiger partial charge in [-0.05, 0) is 71.4 Å².